The maximum absolute atomic E-state index is 12.7. The van der Waals surface area contributed by atoms with E-state index in [4.69, 9.17) is 16.6 Å². The Balaban J connectivity index is 1.62. The number of rotatable bonds is 5. The summed E-state index contributed by atoms with van der Waals surface area (Å²) in [7, 11) is 0. The molecular formula is C22H19ClN4OS. The van der Waals surface area contributed by atoms with Crippen LogP contribution in [0.5, 0.6) is 0 Å². The molecule has 4 aromatic rings. The van der Waals surface area contributed by atoms with Crippen molar-refractivity contribution >= 4 is 46.1 Å². The fourth-order valence-electron chi connectivity index (χ4n) is 2.97. The number of anilines is 1. The van der Waals surface area contributed by atoms with Crippen molar-refractivity contribution in [3.63, 3.8) is 0 Å². The van der Waals surface area contributed by atoms with Gasteiger partial charge >= 0.3 is 0 Å². The molecule has 4 rings (SSSR count). The Hall–Kier alpha value is -2.83. The van der Waals surface area contributed by atoms with Crippen molar-refractivity contribution in [1.82, 2.24) is 14.5 Å². The summed E-state index contributed by atoms with van der Waals surface area (Å²) in [5, 5.41) is 3.59. The van der Waals surface area contributed by atoms with E-state index in [1.807, 2.05) is 68.4 Å². The van der Waals surface area contributed by atoms with Gasteiger partial charge in [0.05, 0.1) is 21.3 Å². The number of para-hydroxylation sites is 3. The van der Waals surface area contributed by atoms with E-state index in [2.05, 4.69) is 14.9 Å². The third-order valence-electron chi connectivity index (χ3n) is 4.42. The fraction of sp³-hybridized carbons (Fsp3) is 0.136. The zero-order valence-electron chi connectivity index (χ0n) is 16.0. The molecule has 2 aromatic heterocycles. The Morgan fingerprint density at radius 3 is 2.62 bits per heavy atom. The van der Waals surface area contributed by atoms with Crippen LogP contribution in [0.3, 0.4) is 0 Å². The van der Waals surface area contributed by atoms with Crippen molar-refractivity contribution in [2.45, 2.75) is 24.3 Å². The summed E-state index contributed by atoms with van der Waals surface area (Å²) in [6.07, 6.45) is 1.67. The third-order valence-corrected chi connectivity index (χ3v) is 5.76. The highest BCUT2D eigenvalue weighted by Crippen LogP contribution is 2.31. The number of aryl methyl sites for hydroxylation is 1. The van der Waals surface area contributed by atoms with Crippen LogP contribution in [-0.4, -0.2) is 25.7 Å². The lowest BCUT2D eigenvalue weighted by atomic mass is 10.3. The van der Waals surface area contributed by atoms with Crippen LogP contribution in [-0.2, 0) is 4.79 Å². The van der Waals surface area contributed by atoms with E-state index >= 15 is 0 Å². The number of nitrogens with one attached hydrogen (secondary N) is 1. The van der Waals surface area contributed by atoms with Gasteiger partial charge in [0.1, 0.15) is 0 Å². The van der Waals surface area contributed by atoms with E-state index in [-0.39, 0.29) is 5.91 Å². The van der Waals surface area contributed by atoms with Gasteiger partial charge in [-0.05, 0) is 49.7 Å². The number of benzene rings is 2. The number of amides is 1. The number of carbonyl (C=O) groups is 1. The van der Waals surface area contributed by atoms with Crippen molar-refractivity contribution in [3.05, 3.63) is 77.4 Å². The number of hydrogen-bond donors (Lipinski definition) is 1. The molecule has 0 spiro atoms. The fourth-order valence-corrected chi connectivity index (χ4v) is 4.18. The van der Waals surface area contributed by atoms with Gasteiger partial charge in [-0.3, -0.25) is 9.36 Å². The average molecular weight is 423 g/mol. The number of pyridine rings is 1. The van der Waals surface area contributed by atoms with E-state index in [1.54, 1.807) is 12.3 Å². The molecule has 1 amide bonds. The lowest BCUT2D eigenvalue weighted by Crippen LogP contribution is -2.23. The van der Waals surface area contributed by atoms with Crippen molar-refractivity contribution < 1.29 is 4.79 Å². The average Bonchev–Trinajstić information content (AvgIpc) is 3.08. The standard InChI is InChI=1S/C22H19ClN4OS/c1-14-12-17(23)20(24-13-14)26-21(28)15(2)29-22-25-18-10-6-7-11-19(18)27(22)16-8-4-3-5-9-16/h3-13,15H,1-2H3,(H,24,26,28). The second-order valence-corrected chi connectivity index (χ2v) is 8.36. The molecule has 2 aromatic carbocycles. The van der Waals surface area contributed by atoms with E-state index in [9.17, 15) is 4.79 Å². The molecule has 1 unspecified atom stereocenters. The summed E-state index contributed by atoms with van der Waals surface area (Å²) in [6.45, 7) is 3.74. The summed E-state index contributed by atoms with van der Waals surface area (Å²) in [4.78, 5) is 21.7. The van der Waals surface area contributed by atoms with E-state index < -0.39 is 5.25 Å². The molecule has 2 heterocycles. The second kappa shape index (κ2) is 8.27. The minimum Gasteiger partial charge on any atom is -0.308 e. The van der Waals surface area contributed by atoms with Crippen molar-refractivity contribution in [2.75, 3.05) is 5.32 Å². The number of nitrogens with zero attached hydrogens (tertiary/aromatic N) is 3. The first-order chi connectivity index (χ1) is 14.0. The van der Waals surface area contributed by atoms with Crippen LogP contribution in [0, 0.1) is 6.92 Å². The molecule has 5 nitrogen and oxygen atoms in total. The Morgan fingerprint density at radius 1 is 1.14 bits per heavy atom. The molecule has 1 atom stereocenters. The summed E-state index contributed by atoms with van der Waals surface area (Å²) in [5.41, 5.74) is 3.82. The SMILES string of the molecule is Cc1cnc(NC(=O)C(C)Sc2nc3ccccc3n2-c2ccccc2)c(Cl)c1. The van der Waals surface area contributed by atoms with Crippen LogP contribution >= 0.6 is 23.4 Å². The maximum atomic E-state index is 12.7. The highest BCUT2D eigenvalue weighted by Gasteiger charge is 2.21. The molecule has 0 saturated heterocycles. The predicted molar refractivity (Wildman–Crippen MR) is 119 cm³/mol. The lowest BCUT2D eigenvalue weighted by Gasteiger charge is -2.14. The highest BCUT2D eigenvalue weighted by atomic mass is 35.5. The number of halogens is 1. The van der Waals surface area contributed by atoms with Gasteiger partial charge in [-0.1, -0.05) is 53.7 Å². The molecule has 0 bridgehead atoms. The molecule has 7 heteroatoms. The van der Waals surface area contributed by atoms with E-state index in [0.29, 0.717) is 10.8 Å². The number of thioether (sulfide) groups is 1. The van der Waals surface area contributed by atoms with Crippen LogP contribution in [0.25, 0.3) is 16.7 Å². The summed E-state index contributed by atoms with van der Waals surface area (Å²) >= 11 is 7.59. The van der Waals surface area contributed by atoms with Gasteiger partial charge in [-0.25, -0.2) is 9.97 Å². The minimum absolute atomic E-state index is 0.181. The number of carbonyl (C=O) groups excluding carboxylic acids is 1. The number of fused-ring (bicyclic) bond motifs is 1. The Morgan fingerprint density at radius 2 is 1.86 bits per heavy atom. The van der Waals surface area contributed by atoms with E-state index in [1.165, 1.54) is 11.8 Å². The number of imidazole rings is 1. The second-order valence-electron chi connectivity index (χ2n) is 6.65. The first kappa shape index (κ1) is 19.5. The van der Waals surface area contributed by atoms with Crippen LogP contribution in [0.2, 0.25) is 5.02 Å². The molecule has 0 aliphatic heterocycles. The summed E-state index contributed by atoms with van der Waals surface area (Å²) < 4.78 is 2.07. The molecule has 0 saturated carbocycles. The van der Waals surface area contributed by atoms with E-state index in [0.717, 1.165) is 27.4 Å². The minimum atomic E-state index is -0.395. The lowest BCUT2D eigenvalue weighted by molar-refractivity contribution is -0.115. The van der Waals surface area contributed by atoms with Gasteiger partial charge in [-0.15, -0.1) is 0 Å². The Bertz CT molecular complexity index is 1180. The third kappa shape index (κ3) is 4.13. The van der Waals surface area contributed by atoms with Gasteiger partial charge in [0.25, 0.3) is 0 Å². The molecule has 0 fully saturated rings. The van der Waals surface area contributed by atoms with Crippen LogP contribution < -0.4 is 5.32 Å². The molecule has 146 valence electrons. The van der Waals surface area contributed by atoms with Crippen LogP contribution in [0.1, 0.15) is 12.5 Å². The highest BCUT2D eigenvalue weighted by molar-refractivity contribution is 8.00. The Labute approximate surface area is 178 Å². The van der Waals surface area contributed by atoms with Gasteiger partial charge in [0.2, 0.25) is 5.91 Å². The summed E-state index contributed by atoms with van der Waals surface area (Å²) in [5.74, 6) is 0.186. The van der Waals surface area contributed by atoms with Gasteiger partial charge < -0.3 is 5.32 Å². The quantitative estimate of drug-likeness (QED) is 0.431. The molecule has 1 N–H and O–H groups in total. The Kier molecular flexibility index (Phi) is 5.56. The van der Waals surface area contributed by atoms with Gasteiger partial charge in [0.15, 0.2) is 11.0 Å². The smallest absolute Gasteiger partial charge is 0.238 e. The largest absolute Gasteiger partial charge is 0.308 e. The molecule has 0 radical (unpaired) electrons. The van der Waals surface area contributed by atoms with Crippen molar-refractivity contribution in [1.29, 1.82) is 0 Å². The van der Waals surface area contributed by atoms with Crippen LogP contribution in [0.4, 0.5) is 5.82 Å². The first-order valence-electron chi connectivity index (χ1n) is 9.15. The zero-order chi connectivity index (χ0) is 20.4. The number of aromatic nitrogens is 3. The predicted octanol–water partition coefficient (Wildman–Crippen LogP) is 5.50. The molecule has 29 heavy (non-hydrogen) atoms. The van der Waals surface area contributed by atoms with Crippen molar-refractivity contribution in [3.8, 4) is 5.69 Å². The normalized spacial score (nSPS) is 12.1. The molecular weight excluding hydrogens is 404 g/mol. The molecule has 0 aliphatic rings. The van der Waals surface area contributed by atoms with Gasteiger partial charge in [-0.2, -0.15) is 0 Å². The monoisotopic (exact) mass is 422 g/mol. The van der Waals surface area contributed by atoms with Gasteiger partial charge in [0, 0.05) is 11.9 Å². The number of hydrogen-bond acceptors (Lipinski definition) is 4. The maximum Gasteiger partial charge on any atom is 0.238 e. The first-order valence-corrected chi connectivity index (χ1v) is 10.4. The summed E-state index contributed by atoms with van der Waals surface area (Å²) in [6, 6.07) is 19.7. The molecule has 0 aliphatic carbocycles. The van der Waals surface area contributed by atoms with Crippen molar-refractivity contribution in [2.24, 2.45) is 0 Å². The zero-order valence-corrected chi connectivity index (χ0v) is 17.5. The van der Waals surface area contributed by atoms with Crippen LogP contribution in [0.15, 0.2) is 72.0 Å². The topological polar surface area (TPSA) is 59.8 Å².